The van der Waals surface area contributed by atoms with E-state index < -0.39 is 11.8 Å². The van der Waals surface area contributed by atoms with Gasteiger partial charge in [0.15, 0.2) is 11.3 Å². The average Bonchev–Trinajstić information content (AvgIpc) is 3.32. The van der Waals surface area contributed by atoms with Crippen molar-refractivity contribution in [3.63, 3.8) is 0 Å². The molecule has 0 bridgehead atoms. The van der Waals surface area contributed by atoms with E-state index in [1.165, 1.54) is 18.2 Å². The molecule has 2 heterocycles. The molecular weight excluding hydrogens is 499 g/mol. The lowest BCUT2D eigenvalue weighted by molar-refractivity contribution is 0.262. The van der Waals surface area contributed by atoms with Crippen molar-refractivity contribution in [3.8, 4) is 17.2 Å². The molecule has 5 aromatic rings. The molecule has 0 atom stereocenters. The number of aromatic nitrogens is 3. The van der Waals surface area contributed by atoms with Gasteiger partial charge in [-0.2, -0.15) is 4.98 Å². The fourth-order valence-corrected chi connectivity index (χ4v) is 3.69. The highest BCUT2D eigenvalue weighted by molar-refractivity contribution is 6.31. The van der Waals surface area contributed by atoms with Crippen molar-refractivity contribution in [1.82, 2.24) is 15.0 Å². The van der Waals surface area contributed by atoms with E-state index in [4.69, 9.17) is 20.8 Å². The Morgan fingerprint density at radius 3 is 2.30 bits per heavy atom. The number of hydrogen-bond donors (Lipinski definition) is 3. The molecule has 0 saturated carbocycles. The topological polar surface area (TPSA) is 114 Å². The number of halogens is 2. The van der Waals surface area contributed by atoms with E-state index in [0.29, 0.717) is 45.8 Å². The van der Waals surface area contributed by atoms with Crippen LogP contribution in [-0.2, 0) is 0 Å². The van der Waals surface area contributed by atoms with Crippen molar-refractivity contribution in [2.75, 3.05) is 23.1 Å². The van der Waals surface area contributed by atoms with Crippen LogP contribution in [0.25, 0.3) is 22.7 Å². The fraction of sp³-hybridized carbons (Fsp3) is 0.0769. The second-order valence-corrected chi connectivity index (χ2v) is 8.34. The molecule has 9 nitrogen and oxygen atoms in total. The van der Waals surface area contributed by atoms with Crippen molar-refractivity contribution < 1.29 is 18.3 Å². The van der Waals surface area contributed by atoms with E-state index >= 15 is 0 Å². The fourth-order valence-electron chi connectivity index (χ4n) is 3.51. The van der Waals surface area contributed by atoms with Gasteiger partial charge in [0, 0.05) is 22.6 Å². The number of hydrogen-bond acceptors (Lipinski definition) is 7. The lowest BCUT2D eigenvalue weighted by atomic mass is 10.2. The van der Waals surface area contributed by atoms with Crippen molar-refractivity contribution in [1.29, 1.82) is 0 Å². The van der Waals surface area contributed by atoms with Crippen LogP contribution >= 0.6 is 11.6 Å². The summed E-state index contributed by atoms with van der Waals surface area (Å²) in [6.07, 6.45) is 0. The van der Waals surface area contributed by atoms with Crippen molar-refractivity contribution in [2.45, 2.75) is 6.92 Å². The first kappa shape index (κ1) is 24.0. The minimum atomic E-state index is -0.561. The summed E-state index contributed by atoms with van der Waals surface area (Å²) in [7, 11) is 1.60. The first-order valence-electron chi connectivity index (χ1n) is 11.1. The van der Waals surface area contributed by atoms with E-state index in [0.717, 1.165) is 11.3 Å². The minimum Gasteiger partial charge on any atom is -0.497 e. The highest BCUT2D eigenvalue weighted by atomic mass is 35.5. The maximum Gasteiger partial charge on any atom is 0.323 e. The van der Waals surface area contributed by atoms with Crippen LogP contribution in [0, 0.1) is 12.7 Å². The summed E-state index contributed by atoms with van der Waals surface area (Å²) in [6, 6.07) is 17.8. The molecule has 2 aromatic heterocycles. The van der Waals surface area contributed by atoms with Crippen molar-refractivity contribution >= 4 is 51.7 Å². The largest absolute Gasteiger partial charge is 0.497 e. The molecule has 3 N–H and O–H groups in total. The Labute approximate surface area is 215 Å². The van der Waals surface area contributed by atoms with Gasteiger partial charge >= 0.3 is 6.03 Å². The summed E-state index contributed by atoms with van der Waals surface area (Å²) in [4.78, 5) is 25.7. The Morgan fingerprint density at radius 1 is 0.919 bits per heavy atom. The number of urea groups is 1. The highest BCUT2D eigenvalue weighted by Gasteiger charge is 2.16. The molecule has 3 aromatic carbocycles. The third-order valence-electron chi connectivity index (χ3n) is 5.29. The molecule has 11 heteroatoms. The molecule has 2 amide bonds. The molecule has 0 aliphatic carbocycles. The molecule has 186 valence electrons. The maximum atomic E-state index is 13.3. The van der Waals surface area contributed by atoms with E-state index in [2.05, 4.69) is 30.9 Å². The standard InChI is InChI=1S/C26H20ClFN6O3/c1-14-29-23(22-25(30-14)37-24(34-22)15-3-10-19(36-2)11-4-15)31-16-5-7-17(8-6-16)32-26(35)33-18-9-12-21(28)20(27)13-18/h3-13H,1-2H3,(H,29,30,31)(H2,32,33,35). The SMILES string of the molecule is COc1ccc(-c2nc3c(Nc4ccc(NC(=O)Nc5ccc(F)c(Cl)c5)cc4)nc(C)nc3o2)cc1. The lowest BCUT2D eigenvalue weighted by Gasteiger charge is -2.10. The van der Waals surface area contributed by atoms with Crippen molar-refractivity contribution in [2.24, 2.45) is 0 Å². The quantitative estimate of drug-likeness (QED) is 0.227. The minimum absolute atomic E-state index is 0.0782. The number of aryl methyl sites for hydroxylation is 1. The van der Waals surface area contributed by atoms with Gasteiger partial charge in [-0.05, 0) is 73.7 Å². The van der Waals surface area contributed by atoms with Crippen LogP contribution in [0.3, 0.4) is 0 Å². The molecule has 0 saturated heterocycles. The Kier molecular flexibility index (Phi) is 6.57. The van der Waals surface area contributed by atoms with E-state index in [1.54, 1.807) is 38.3 Å². The van der Waals surface area contributed by atoms with Gasteiger partial charge in [0.2, 0.25) is 5.89 Å². The number of ether oxygens (including phenoxy) is 1. The van der Waals surface area contributed by atoms with Gasteiger partial charge in [0.05, 0.1) is 12.1 Å². The Morgan fingerprint density at radius 2 is 1.59 bits per heavy atom. The number of carbonyl (C=O) groups is 1. The zero-order chi connectivity index (χ0) is 25.9. The predicted octanol–water partition coefficient (Wildman–Crippen LogP) is 6.78. The molecule has 5 rings (SSSR count). The number of methoxy groups -OCH3 is 1. The molecule has 0 fully saturated rings. The number of amides is 2. The molecular formula is C26H20ClFN6O3. The number of carbonyl (C=O) groups excluding carboxylic acids is 1. The summed E-state index contributed by atoms with van der Waals surface area (Å²) in [5.41, 5.74) is 3.24. The third kappa shape index (κ3) is 5.44. The van der Waals surface area contributed by atoms with Crippen LogP contribution in [0.4, 0.5) is 32.1 Å². The van der Waals surface area contributed by atoms with Crippen LogP contribution in [0.5, 0.6) is 5.75 Å². The highest BCUT2D eigenvalue weighted by Crippen LogP contribution is 2.30. The number of nitrogens with one attached hydrogen (secondary N) is 3. The predicted molar refractivity (Wildman–Crippen MR) is 140 cm³/mol. The first-order valence-corrected chi connectivity index (χ1v) is 11.5. The number of anilines is 4. The molecule has 0 unspecified atom stereocenters. The molecule has 0 aliphatic rings. The lowest BCUT2D eigenvalue weighted by Crippen LogP contribution is -2.19. The van der Waals surface area contributed by atoms with Crippen LogP contribution < -0.4 is 20.7 Å². The molecule has 0 radical (unpaired) electrons. The van der Waals surface area contributed by atoms with Gasteiger partial charge < -0.3 is 25.1 Å². The summed E-state index contributed by atoms with van der Waals surface area (Å²) in [5, 5.41) is 8.46. The van der Waals surface area contributed by atoms with Gasteiger partial charge in [0.1, 0.15) is 17.4 Å². The third-order valence-corrected chi connectivity index (χ3v) is 5.58. The number of nitrogens with zero attached hydrogens (tertiary/aromatic N) is 3. The normalized spacial score (nSPS) is 10.8. The Bertz CT molecular complexity index is 1590. The van der Waals surface area contributed by atoms with E-state index in [-0.39, 0.29) is 5.02 Å². The Hall–Kier alpha value is -4.70. The van der Waals surface area contributed by atoms with E-state index in [1.807, 2.05) is 24.3 Å². The van der Waals surface area contributed by atoms with Gasteiger partial charge in [-0.1, -0.05) is 11.6 Å². The van der Waals surface area contributed by atoms with Gasteiger partial charge in [0.25, 0.3) is 5.71 Å². The zero-order valence-electron chi connectivity index (χ0n) is 19.7. The zero-order valence-corrected chi connectivity index (χ0v) is 20.4. The van der Waals surface area contributed by atoms with Crippen LogP contribution in [-0.4, -0.2) is 28.1 Å². The number of benzene rings is 3. The Balaban J connectivity index is 1.31. The second-order valence-electron chi connectivity index (χ2n) is 7.93. The molecule has 0 aliphatic heterocycles. The number of rotatable bonds is 6. The summed E-state index contributed by atoms with van der Waals surface area (Å²) < 4.78 is 24.4. The summed E-state index contributed by atoms with van der Waals surface area (Å²) in [5.74, 6) is 1.58. The second kappa shape index (κ2) is 10.1. The maximum absolute atomic E-state index is 13.3. The van der Waals surface area contributed by atoms with Crippen LogP contribution in [0.1, 0.15) is 5.82 Å². The molecule has 37 heavy (non-hydrogen) atoms. The molecule has 0 spiro atoms. The summed E-state index contributed by atoms with van der Waals surface area (Å²) in [6.45, 7) is 1.76. The first-order chi connectivity index (χ1) is 17.9. The van der Waals surface area contributed by atoms with Gasteiger partial charge in [-0.25, -0.2) is 19.2 Å². The van der Waals surface area contributed by atoms with Gasteiger partial charge in [-0.3, -0.25) is 0 Å². The van der Waals surface area contributed by atoms with Crippen molar-refractivity contribution in [3.05, 3.63) is 83.4 Å². The van der Waals surface area contributed by atoms with Crippen LogP contribution in [0.15, 0.2) is 71.1 Å². The smallest absolute Gasteiger partial charge is 0.323 e. The summed E-state index contributed by atoms with van der Waals surface area (Å²) >= 11 is 5.75. The number of fused-ring (bicyclic) bond motifs is 1. The van der Waals surface area contributed by atoms with E-state index in [9.17, 15) is 9.18 Å². The van der Waals surface area contributed by atoms with Gasteiger partial charge in [-0.15, -0.1) is 0 Å². The van der Waals surface area contributed by atoms with Crippen LogP contribution in [0.2, 0.25) is 5.02 Å². The number of oxazole rings is 1. The monoisotopic (exact) mass is 518 g/mol. The average molecular weight is 519 g/mol.